The van der Waals surface area contributed by atoms with Crippen molar-refractivity contribution >= 4 is 5.82 Å². The lowest BCUT2D eigenvalue weighted by molar-refractivity contribution is 0.301. The first-order chi connectivity index (χ1) is 6.79. The van der Waals surface area contributed by atoms with E-state index in [-0.39, 0.29) is 6.61 Å². The minimum Gasteiger partial charge on any atom is -0.395 e. The molecule has 0 aliphatic rings. The van der Waals surface area contributed by atoms with Gasteiger partial charge in [0, 0.05) is 24.8 Å². The van der Waals surface area contributed by atoms with Gasteiger partial charge in [-0.2, -0.15) is 0 Å². The molecule has 0 aromatic carbocycles. The summed E-state index contributed by atoms with van der Waals surface area (Å²) in [5, 5.41) is 8.93. The van der Waals surface area contributed by atoms with Gasteiger partial charge in [-0.1, -0.05) is 6.92 Å². The van der Waals surface area contributed by atoms with Gasteiger partial charge in [0.1, 0.15) is 12.1 Å². The van der Waals surface area contributed by atoms with E-state index >= 15 is 0 Å². The third-order valence-corrected chi connectivity index (χ3v) is 2.03. The Kier molecular flexibility index (Phi) is 4.32. The summed E-state index contributed by atoms with van der Waals surface area (Å²) in [5.41, 5.74) is 1.05. The third kappa shape index (κ3) is 2.67. The van der Waals surface area contributed by atoms with Crippen molar-refractivity contribution in [2.45, 2.75) is 20.3 Å². The second-order valence-corrected chi connectivity index (χ2v) is 3.24. The summed E-state index contributed by atoms with van der Waals surface area (Å²) in [6.45, 7) is 5.80. The molecule has 4 nitrogen and oxygen atoms in total. The Morgan fingerprint density at radius 2 is 2.21 bits per heavy atom. The molecule has 0 unspecified atom stereocenters. The van der Waals surface area contributed by atoms with E-state index in [1.807, 2.05) is 6.92 Å². The van der Waals surface area contributed by atoms with Crippen LogP contribution < -0.4 is 4.90 Å². The zero-order chi connectivity index (χ0) is 10.4. The molecule has 1 rings (SSSR count). The third-order valence-electron chi connectivity index (χ3n) is 2.03. The minimum atomic E-state index is 0.156. The summed E-state index contributed by atoms with van der Waals surface area (Å²) in [6, 6.07) is 0. The van der Waals surface area contributed by atoms with Gasteiger partial charge < -0.3 is 10.0 Å². The van der Waals surface area contributed by atoms with E-state index in [4.69, 9.17) is 5.11 Å². The lowest BCUT2D eigenvalue weighted by atomic mass is 10.3. The van der Waals surface area contributed by atoms with Crippen LogP contribution in [-0.2, 0) is 0 Å². The number of aryl methyl sites for hydroxylation is 1. The van der Waals surface area contributed by atoms with Crippen LogP contribution >= 0.6 is 0 Å². The SMILES string of the molecule is CCCN(CCO)c1ncncc1C. The van der Waals surface area contributed by atoms with E-state index in [9.17, 15) is 0 Å². The van der Waals surface area contributed by atoms with Gasteiger partial charge in [0.15, 0.2) is 0 Å². The molecule has 14 heavy (non-hydrogen) atoms. The van der Waals surface area contributed by atoms with Gasteiger partial charge in [0.05, 0.1) is 6.61 Å². The van der Waals surface area contributed by atoms with Crippen LogP contribution in [-0.4, -0.2) is 34.8 Å². The van der Waals surface area contributed by atoms with Crippen molar-refractivity contribution in [3.05, 3.63) is 18.1 Å². The minimum absolute atomic E-state index is 0.156. The molecule has 0 fully saturated rings. The van der Waals surface area contributed by atoms with Crippen LogP contribution in [0.4, 0.5) is 5.82 Å². The first-order valence-corrected chi connectivity index (χ1v) is 4.92. The van der Waals surface area contributed by atoms with Crippen molar-refractivity contribution in [3.8, 4) is 0 Å². The molecular formula is C10H17N3O. The molecule has 0 aliphatic carbocycles. The van der Waals surface area contributed by atoms with E-state index < -0.39 is 0 Å². The van der Waals surface area contributed by atoms with Crippen molar-refractivity contribution in [1.82, 2.24) is 9.97 Å². The molecule has 0 atom stereocenters. The molecule has 1 N–H and O–H groups in total. The number of aliphatic hydroxyl groups is 1. The Labute approximate surface area is 84.6 Å². The lowest BCUT2D eigenvalue weighted by Crippen LogP contribution is -2.29. The fourth-order valence-corrected chi connectivity index (χ4v) is 1.44. The van der Waals surface area contributed by atoms with Gasteiger partial charge >= 0.3 is 0 Å². The van der Waals surface area contributed by atoms with E-state index in [2.05, 4.69) is 21.8 Å². The molecule has 0 saturated carbocycles. The van der Waals surface area contributed by atoms with Crippen molar-refractivity contribution in [1.29, 1.82) is 0 Å². The van der Waals surface area contributed by atoms with Crippen LogP contribution in [0.5, 0.6) is 0 Å². The molecule has 0 saturated heterocycles. The Bertz CT molecular complexity index is 272. The van der Waals surface area contributed by atoms with E-state index in [0.29, 0.717) is 6.54 Å². The fraction of sp³-hybridized carbons (Fsp3) is 0.600. The van der Waals surface area contributed by atoms with Crippen LogP contribution in [0.15, 0.2) is 12.5 Å². The van der Waals surface area contributed by atoms with Gasteiger partial charge in [-0.25, -0.2) is 9.97 Å². The monoisotopic (exact) mass is 195 g/mol. The van der Waals surface area contributed by atoms with Crippen molar-refractivity contribution < 1.29 is 5.11 Å². The summed E-state index contributed by atoms with van der Waals surface area (Å²) in [7, 11) is 0. The average molecular weight is 195 g/mol. The number of hydrogen-bond donors (Lipinski definition) is 1. The Morgan fingerprint density at radius 3 is 2.79 bits per heavy atom. The lowest BCUT2D eigenvalue weighted by Gasteiger charge is -2.23. The largest absolute Gasteiger partial charge is 0.395 e. The Balaban J connectivity index is 2.81. The maximum absolute atomic E-state index is 8.93. The predicted molar refractivity (Wildman–Crippen MR) is 56.4 cm³/mol. The maximum atomic E-state index is 8.93. The fourth-order valence-electron chi connectivity index (χ4n) is 1.44. The summed E-state index contributed by atoms with van der Waals surface area (Å²) in [4.78, 5) is 10.2. The zero-order valence-corrected chi connectivity index (χ0v) is 8.77. The maximum Gasteiger partial charge on any atom is 0.134 e. The summed E-state index contributed by atoms with van der Waals surface area (Å²) in [5.74, 6) is 0.927. The highest BCUT2D eigenvalue weighted by Crippen LogP contribution is 2.14. The molecule has 1 heterocycles. The molecular weight excluding hydrogens is 178 g/mol. The molecule has 0 bridgehead atoms. The second-order valence-electron chi connectivity index (χ2n) is 3.24. The topological polar surface area (TPSA) is 49.2 Å². The van der Waals surface area contributed by atoms with Crippen LogP contribution in [0.2, 0.25) is 0 Å². The molecule has 78 valence electrons. The highest BCUT2D eigenvalue weighted by Gasteiger charge is 2.08. The highest BCUT2D eigenvalue weighted by atomic mass is 16.3. The molecule has 0 radical (unpaired) electrons. The second kappa shape index (κ2) is 5.54. The van der Waals surface area contributed by atoms with E-state index in [1.165, 1.54) is 0 Å². The number of rotatable bonds is 5. The average Bonchev–Trinajstić information content (AvgIpc) is 2.18. The van der Waals surface area contributed by atoms with Gasteiger partial charge in [0.25, 0.3) is 0 Å². The predicted octanol–water partition coefficient (Wildman–Crippen LogP) is 0.994. The first-order valence-electron chi connectivity index (χ1n) is 4.92. The molecule has 1 aromatic rings. The standard InChI is InChI=1S/C10H17N3O/c1-3-4-13(5-6-14)10-9(2)7-11-8-12-10/h7-8,14H,3-6H2,1-2H3. The normalized spacial score (nSPS) is 10.2. The zero-order valence-electron chi connectivity index (χ0n) is 8.77. The van der Waals surface area contributed by atoms with Crippen LogP contribution in [0, 0.1) is 6.92 Å². The van der Waals surface area contributed by atoms with E-state index in [0.717, 1.165) is 24.3 Å². The van der Waals surface area contributed by atoms with Crippen molar-refractivity contribution in [3.63, 3.8) is 0 Å². The number of anilines is 1. The van der Waals surface area contributed by atoms with Gasteiger partial charge in [-0.15, -0.1) is 0 Å². The highest BCUT2D eigenvalue weighted by molar-refractivity contribution is 5.44. The summed E-state index contributed by atoms with van der Waals surface area (Å²) in [6.07, 6.45) is 4.38. The molecule has 0 spiro atoms. The molecule has 4 heteroatoms. The van der Waals surface area contributed by atoms with Crippen LogP contribution in [0.25, 0.3) is 0 Å². The van der Waals surface area contributed by atoms with Gasteiger partial charge in [0.2, 0.25) is 0 Å². The Morgan fingerprint density at radius 1 is 1.43 bits per heavy atom. The van der Waals surface area contributed by atoms with E-state index in [1.54, 1.807) is 12.5 Å². The smallest absolute Gasteiger partial charge is 0.134 e. The molecule has 0 amide bonds. The number of aliphatic hydroxyl groups excluding tert-OH is 1. The Hall–Kier alpha value is -1.16. The molecule has 0 aliphatic heterocycles. The summed E-state index contributed by atoms with van der Waals surface area (Å²) < 4.78 is 0. The van der Waals surface area contributed by atoms with Gasteiger partial charge in [-0.05, 0) is 13.3 Å². The number of nitrogens with zero attached hydrogens (tertiary/aromatic N) is 3. The van der Waals surface area contributed by atoms with Crippen LogP contribution in [0.3, 0.4) is 0 Å². The molecule has 1 aromatic heterocycles. The number of aromatic nitrogens is 2. The van der Waals surface area contributed by atoms with Crippen molar-refractivity contribution in [2.24, 2.45) is 0 Å². The van der Waals surface area contributed by atoms with Crippen molar-refractivity contribution in [2.75, 3.05) is 24.6 Å². The van der Waals surface area contributed by atoms with Crippen LogP contribution in [0.1, 0.15) is 18.9 Å². The first kappa shape index (κ1) is 10.9. The summed E-state index contributed by atoms with van der Waals surface area (Å²) >= 11 is 0. The quantitative estimate of drug-likeness (QED) is 0.761. The number of hydrogen-bond acceptors (Lipinski definition) is 4. The van der Waals surface area contributed by atoms with Gasteiger partial charge in [-0.3, -0.25) is 0 Å².